The third-order valence-corrected chi connectivity index (χ3v) is 5.06. The van der Waals surface area contributed by atoms with Gasteiger partial charge in [0.1, 0.15) is 11.9 Å². The molecule has 1 aromatic heterocycles. The summed E-state index contributed by atoms with van der Waals surface area (Å²) in [5.41, 5.74) is 4.13. The number of ether oxygens (including phenoxy) is 2. The van der Waals surface area contributed by atoms with Crippen LogP contribution in [0, 0.1) is 18.3 Å². The Morgan fingerprint density at radius 2 is 2.14 bits per heavy atom. The van der Waals surface area contributed by atoms with Crippen LogP contribution in [-0.4, -0.2) is 23.2 Å². The predicted molar refractivity (Wildman–Crippen MR) is 115 cm³/mol. The summed E-state index contributed by atoms with van der Waals surface area (Å²) < 4.78 is 12.2. The lowest BCUT2D eigenvalue weighted by Gasteiger charge is -2.17. The van der Waals surface area contributed by atoms with Crippen LogP contribution >= 0.6 is 15.9 Å². The fourth-order valence-electron chi connectivity index (χ4n) is 2.79. The average molecular weight is 440 g/mol. The molecule has 0 aliphatic carbocycles. The van der Waals surface area contributed by atoms with Gasteiger partial charge in [-0.15, -0.1) is 0 Å². The number of nitriles is 1. The maximum Gasteiger partial charge on any atom is 0.175 e. The Bertz CT molecular complexity index is 1080. The number of aromatic amines is 1. The highest BCUT2D eigenvalue weighted by atomic mass is 79.9. The van der Waals surface area contributed by atoms with E-state index in [1.807, 2.05) is 44.2 Å². The van der Waals surface area contributed by atoms with Gasteiger partial charge < -0.3 is 14.5 Å². The van der Waals surface area contributed by atoms with Crippen molar-refractivity contribution in [3.05, 3.63) is 51.8 Å². The lowest BCUT2D eigenvalue weighted by molar-refractivity contribution is 0.206. The van der Waals surface area contributed by atoms with Crippen molar-refractivity contribution >= 4 is 38.6 Å². The van der Waals surface area contributed by atoms with E-state index in [2.05, 4.69) is 38.9 Å². The summed E-state index contributed by atoms with van der Waals surface area (Å²) in [6.45, 7) is 6.10. The smallest absolute Gasteiger partial charge is 0.175 e. The van der Waals surface area contributed by atoms with Crippen LogP contribution in [0.15, 0.2) is 34.8 Å². The van der Waals surface area contributed by atoms with Gasteiger partial charge in [-0.2, -0.15) is 5.26 Å². The van der Waals surface area contributed by atoms with Crippen molar-refractivity contribution in [2.45, 2.75) is 33.3 Å². The Morgan fingerprint density at radius 3 is 2.82 bits per heavy atom. The van der Waals surface area contributed by atoms with Crippen LogP contribution in [0.25, 0.3) is 22.7 Å². The van der Waals surface area contributed by atoms with Crippen molar-refractivity contribution in [2.24, 2.45) is 0 Å². The largest absolute Gasteiger partial charge is 0.493 e. The van der Waals surface area contributed by atoms with Gasteiger partial charge in [-0.25, -0.2) is 4.98 Å². The average Bonchev–Trinajstić information content (AvgIpc) is 3.10. The Balaban J connectivity index is 2.02. The molecular weight excluding hydrogens is 418 g/mol. The number of nitrogens with zero attached hydrogens (tertiary/aromatic N) is 2. The van der Waals surface area contributed by atoms with Gasteiger partial charge in [0.05, 0.1) is 34.3 Å². The Hall–Kier alpha value is -2.78. The molecule has 0 aliphatic rings. The molecule has 2 aromatic carbocycles. The van der Waals surface area contributed by atoms with E-state index in [0.29, 0.717) is 22.9 Å². The second kappa shape index (κ2) is 8.49. The minimum absolute atomic E-state index is 0.0697. The highest BCUT2D eigenvalue weighted by Gasteiger charge is 2.15. The van der Waals surface area contributed by atoms with Gasteiger partial charge in [0.15, 0.2) is 11.5 Å². The number of fused-ring (bicyclic) bond motifs is 1. The Labute approximate surface area is 173 Å². The first kappa shape index (κ1) is 20.0. The second-order valence-electron chi connectivity index (χ2n) is 6.65. The topological polar surface area (TPSA) is 70.9 Å². The van der Waals surface area contributed by atoms with E-state index in [4.69, 9.17) is 9.47 Å². The van der Waals surface area contributed by atoms with E-state index in [1.54, 1.807) is 13.2 Å². The molecule has 5 nitrogen and oxygen atoms in total. The number of hydrogen-bond donors (Lipinski definition) is 1. The summed E-state index contributed by atoms with van der Waals surface area (Å²) in [4.78, 5) is 7.77. The zero-order chi connectivity index (χ0) is 20.3. The van der Waals surface area contributed by atoms with Gasteiger partial charge in [-0.05, 0) is 77.7 Å². The van der Waals surface area contributed by atoms with Crippen LogP contribution < -0.4 is 9.47 Å². The maximum atomic E-state index is 9.68. The number of allylic oxidation sites excluding steroid dienone is 1. The summed E-state index contributed by atoms with van der Waals surface area (Å²) >= 11 is 3.56. The molecule has 6 heteroatoms. The van der Waals surface area contributed by atoms with Crippen LogP contribution in [0.2, 0.25) is 0 Å². The highest BCUT2D eigenvalue weighted by molar-refractivity contribution is 9.10. The maximum absolute atomic E-state index is 9.68. The molecule has 3 rings (SSSR count). The van der Waals surface area contributed by atoms with Crippen molar-refractivity contribution in [2.75, 3.05) is 7.11 Å². The van der Waals surface area contributed by atoms with Gasteiger partial charge in [0.2, 0.25) is 0 Å². The molecule has 3 aromatic rings. The van der Waals surface area contributed by atoms with E-state index in [-0.39, 0.29) is 6.10 Å². The first-order valence-electron chi connectivity index (χ1n) is 9.07. The Kier molecular flexibility index (Phi) is 6.05. The number of aromatic nitrogens is 2. The normalized spacial score (nSPS) is 12.6. The van der Waals surface area contributed by atoms with Crippen LogP contribution in [0.1, 0.15) is 37.2 Å². The highest BCUT2D eigenvalue weighted by Crippen LogP contribution is 2.38. The zero-order valence-electron chi connectivity index (χ0n) is 16.3. The molecule has 28 heavy (non-hydrogen) atoms. The van der Waals surface area contributed by atoms with Crippen molar-refractivity contribution in [3.8, 4) is 17.6 Å². The van der Waals surface area contributed by atoms with Gasteiger partial charge in [-0.1, -0.05) is 13.0 Å². The SMILES string of the molecule is CC[C@@H](C)Oc1c(Br)cc(/C=C(/C#N)c2nc3ccc(C)cc3[nH]2)cc1OC. The second-order valence-corrected chi connectivity index (χ2v) is 7.50. The zero-order valence-corrected chi connectivity index (χ0v) is 17.9. The number of nitrogens with one attached hydrogen (secondary N) is 1. The van der Waals surface area contributed by atoms with Crippen LogP contribution in [0.4, 0.5) is 0 Å². The van der Waals surface area contributed by atoms with Gasteiger partial charge in [0.25, 0.3) is 0 Å². The molecule has 0 spiro atoms. The van der Waals surface area contributed by atoms with Crippen LogP contribution in [-0.2, 0) is 0 Å². The number of rotatable bonds is 6. The third-order valence-electron chi connectivity index (χ3n) is 4.47. The molecule has 0 saturated carbocycles. The summed E-state index contributed by atoms with van der Waals surface area (Å²) in [7, 11) is 1.60. The molecule has 0 saturated heterocycles. The fourth-order valence-corrected chi connectivity index (χ4v) is 3.35. The summed E-state index contributed by atoms with van der Waals surface area (Å²) in [5, 5.41) is 9.68. The van der Waals surface area contributed by atoms with Crippen molar-refractivity contribution in [1.29, 1.82) is 5.26 Å². The van der Waals surface area contributed by atoms with Gasteiger partial charge >= 0.3 is 0 Å². The fraction of sp³-hybridized carbons (Fsp3) is 0.273. The molecule has 0 fully saturated rings. The van der Waals surface area contributed by atoms with Crippen LogP contribution in [0.3, 0.4) is 0 Å². The molecule has 1 N–H and O–H groups in total. The molecule has 0 amide bonds. The number of methoxy groups -OCH3 is 1. The molecule has 0 radical (unpaired) electrons. The first-order chi connectivity index (χ1) is 13.4. The van der Waals surface area contributed by atoms with Crippen molar-refractivity contribution in [1.82, 2.24) is 9.97 Å². The van der Waals surface area contributed by atoms with E-state index in [1.165, 1.54) is 0 Å². The van der Waals surface area contributed by atoms with E-state index >= 15 is 0 Å². The minimum atomic E-state index is 0.0697. The number of imidazole rings is 1. The number of hydrogen-bond acceptors (Lipinski definition) is 4. The molecule has 0 aliphatic heterocycles. The molecule has 1 atom stereocenters. The van der Waals surface area contributed by atoms with E-state index < -0.39 is 0 Å². The van der Waals surface area contributed by atoms with Crippen molar-refractivity contribution in [3.63, 3.8) is 0 Å². The number of benzene rings is 2. The lowest BCUT2D eigenvalue weighted by Crippen LogP contribution is -2.11. The predicted octanol–water partition coefficient (Wildman–Crippen LogP) is 5.88. The molecule has 144 valence electrons. The number of aryl methyl sites for hydroxylation is 1. The molecule has 0 bridgehead atoms. The number of H-pyrrole nitrogens is 1. The minimum Gasteiger partial charge on any atom is -0.493 e. The number of halogens is 1. The van der Waals surface area contributed by atoms with E-state index in [9.17, 15) is 5.26 Å². The summed E-state index contributed by atoms with van der Waals surface area (Å²) in [5.74, 6) is 1.81. The molecule has 1 heterocycles. The van der Waals surface area contributed by atoms with Crippen molar-refractivity contribution < 1.29 is 9.47 Å². The van der Waals surface area contributed by atoms with Gasteiger partial charge in [-0.3, -0.25) is 0 Å². The Morgan fingerprint density at radius 1 is 1.36 bits per heavy atom. The van der Waals surface area contributed by atoms with E-state index in [0.717, 1.165) is 33.1 Å². The first-order valence-corrected chi connectivity index (χ1v) is 9.87. The quantitative estimate of drug-likeness (QED) is 0.486. The summed E-state index contributed by atoms with van der Waals surface area (Å²) in [6, 6.07) is 12.0. The molecular formula is C22H22BrN3O2. The monoisotopic (exact) mass is 439 g/mol. The van der Waals surface area contributed by atoms with Crippen LogP contribution in [0.5, 0.6) is 11.5 Å². The third kappa shape index (κ3) is 4.20. The standard InChI is InChI=1S/C22H22BrN3O2/c1-5-14(3)28-21-17(23)10-15(11-20(21)27-4)9-16(12-24)22-25-18-7-6-13(2)8-19(18)26-22/h6-11,14H,5H2,1-4H3,(H,25,26)/b16-9-/t14-/m1/s1. The van der Waals surface area contributed by atoms with Gasteiger partial charge in [0, 0.05) is 0 Å². The lowest BCUT2D eigenvalue weighted by atomic mass is 10.1. The summed E-state index contributed by atoms with van der Waals surface area (Å²) in [6.07, 6.45) is 2.74. The molecule has 0 unspecified atom stereocenters.